The largest absolute Gasteiger partial charge is 0.493 e. The predicted octanol–water partition coefficient (Wildman–Crippen LogP) is 3.22. The van der Waals surface area contributed by atoms with E-state index >= 15 is 0 Å². The molecule has 0 bridgehead atoms. The average molecular weight is 434 g/mol. The van der Waals surface area contributed by atoms with Gasteiger partial charge in [-0.3, -0.25) is 9.59 Å². The van der Waals surface area contributed by atoms with E-state index in [1.165, 1.54) is 4.52 Å². The van der Waals surface area contributed by atoms with Gasteiger partial charge < -0.3 is 4.74 Å². The molecule has 0 radical (unpaired) electrons. The molecule has 0 aliphatic rings. The van der Waals surface area contributed by atoms with Crippen LogP contribution in [-0.2, 0) is 6.42 Å². The van der Waals surface area contributed by atoms with Crippen LogP contribution in [0, 0.1) is 0 Å². The van der Waals surface area contributed by atoms with Gasteiger partial charge >= 0.3 is 0 Å². The van der Waals surface area contributed by atoms with Crippen molar-refractivity contribution in [2.45, 2.75) is 32.6 Å². The maximum Gasteiger partial charge on any atom is 0.296 e. The van der Waals surface area contributed by atoms with Gasteiger partial charge in [-0.05, 0) is 24.1 Å². The van der Waals surface area contributed by atoms with E-state index in [0.717, 1.165) is 47.5 Å². The third kappa shape index (κ3) is 4.88. The molecule has 31 heavy (non-hydrogen) atoms. The molecule has 4 aromatic rings. The van der Waals surface area contributed by atoms with Crippen LogP contribution >= 0.6 is 11.3 Å². The molecule has 2 aromatic carbocycles. The molecule has 0 fully saturated rings. The van der Waals surface area contributed by atoms with E-state index < -0.39 is 5.56 Å². The lowest BCUT2D eigenvalue weighted by Gasteiger charge is -2.08. The average Bonchev–Trinajstić information content (AvgIpc) is 3.07. The van der Waals surface area contributed by atoms with Crippen molar-refractivity contribution in [1.82, 2.24) is 14.6 Å². The second-order valence-electron chi connectivity index (χ2n) is 7.23. The molecule has 0 aliphatic carbocycles. The molecule has 2 heterocycles. The van der Waals surface area contributed by atoms with Gasteiger partial charge in [0.15, 0.2) is 0 Å². The Morgan fingerprint density at radius 1 is 1.03 bits per heavy atom. The number of unbranched alkanes of at least 4 members (excludes halogenated alkanes) is 2. The number of para-hydroxylation sites is 1. The number of ether oxygens (including phenoxy) is 1. The second-order valence-corrected chi connectivity index (χ2v) is 8.24. The zero-order valence-electron chi connectivity index (χ0n) is 17.3. The number of aromatic nitrogens is 3. The van der Waals surface area contributed by atoms with E-state index in [4.69, 9.17) is 4.74 Å². The maximum atomic E-state index is 13.0. The molecular weight excluding hydrogens is 410 g/mol. The van der Waals surface area contributed by atoms with Gasteiger partial charge in [0.1, 0.15) is 11.4 Å². The third-order valence-electron chi connectivity index (χ3n) is 4.88. The van der Waals surface area contributed by atoms with Crippen LogP contribution in [0.15, 0.2) is 64.2 Å². The summed E-state index contributed by atoms with van der Waals surface area (Å²) in [7, 11) is 0. The van der Waals surface area contributed by atoms with E-state index in [-0.39, 0.29) is 11.3 Å². The molecule has 0 atom stereocenters. The SMILES string of the molecule is CCCCCOc1ccccc1/C=c1/sc2nc(=O)c(Cc3ccccc3)nn2c1=O. The van der Waals surface area contributed by atoms with Crippen molar-refractivity contribution in [2.75, 3.05) is 6.61 Å². The normalized spacial score (nSPS) is 11.8. The molecule has 158 valence electrons. The van der Waals surface area contributed by atoms with Gasteiger partial charge in [-0.2, -0.15) is 14.6 Å². The van der Waals surface area contributed by atoms with Crippen molar-refractivity contribution < 1.29 is 4.74 Å². The highest BCUT2D eigenvalue weighted by molar-refractivity contribution is 7.15. The van der Waals surface area contributed by atoms with Crippen LogP contribution in [0.5, 0.6) is 5.75 Å². The van der Waals surface area contributed by atoms with Crippen molar-refractivity contribution in [3.8, 4) is 5.75 Å². The van der Waals surface area contributed by atoms with Crippen LogP contribution in [0.2, 0.25) is 0 Å². The van der Waals surface area contributed by atoms with Crippen molar-refractivity contribution in [3.05, 3.63) is 96.7 Å². The topological polar surface area (TPSA) is 73.6 Å². The van der Waals surface area contributed by atoms with Crippen LogP contribution in [0.1, 0.15) is 43.0 Å². The molecule has 6 nitrogen and oxygen atoms in total. The first-order chi connectivity index (χ1) is 15.2. The Bertz CT molecular complexity index is 1350. The van der Waals surface area contributed by atoms with Crippen molar-refractivity contribution >= 4 is 22.4 Å². The molecule has 4 rings (SSSR count). The van der Waals surface area contributed by atoms with Gasteiger partial charge in [0, 0.05) is 12.0 Å². The molecule has 0 aliphatic heterocycles. The van der Waals surface area contributed by atoms with Gasteiger partial charge in [0.25, 0.3) is 11.1 Å². The molecule has 0 N–H and O–H groups in total. The Hall–Kier alpha value is -3.32. The number of thiazole rings is 1. The smallest absolute Gasteiger partial charge is 0.296 e. The monoisotopic (exact) mass is 433 g/mol. The Labute approximate surface area is 183 Å². The van der Waals surface area contributed by atoms with Crippen molar-refractivity contribution in [2.24, 2.45) is 0 Å². The Morgan fingerprint density at radius 3 is 2.61 bits per heavy atom. The highest BCUT2D eigenvalue weighted by atomic mass is 32.1. The van der Waals surface area contributed by atoms with Crippen molar-refractivity contribution in [3.63, 3.8) is 0 Å². The van der Waals surface area contributed by atoms with E-state index in [2.05, 4.69) is 17.0 Å². The third-order valence-corrected chi connectivity index (χ3v) is 5.83. The summed E-state index contributed by atoms with van der Waals surface area (Å²) in [5.41, 5.74) is 1.32. The highest BCUT2D eigenvalue weighted by Gasteiger charge is 2.12. The molecule has 0 unspecified atom stereocenters. The van der Waals surface area contributed by atoms with Gasteiger partial charge in [-0.25, -0.2) is 0 Å². The first-order valence-corrected chi connectivity index (χ1v) is 11.2. The molecule has 2 aromatic heterocycles. The fourth-order valence-corrected chi connectivity index (χ4v) is 4.14. The molecular formula is C24H23N3O3S. The number of hydrogen-bond donors (Lipinski definition) is 0. The summed E-state index contributed by atoms with van der Waals surface area (Å²) in [6.45, 7) is 2.78. The summed E-state index contributed by atoms with van der Waals surface area (Å²) in [5.74, 6) is 0.732. The Balaban J connectivity index is 1.70. The molecule has 0 spiro atoms. The van der Waals surface area contributed by atoms with Gasteiger partial charge in [-0.1, -0.05) is 79.6 Å². The summed E-state index contributed by atoms with van der Waals surface area (Å²) in [5, 5.41) is 4.31. The maximum absolute atomic E-state index is 13.0. The van der Waals surface area contributed by atoms with Crippen molar-refractivity contribution in [1.29, 1.82) is 0 Å². The van der Waals surface area contributed by atoms with E-state index in [0.29, 0.717) is 22.5 Å². The standard InChI is InChI=1S/C24H23N3O3S/c1-2-3-9-14-30-20-13-8-7-12-18(20)16-21-23(29)27-24(31-21)25-22(28)19(26-27)15-17-10-5-4-6-11-17/h4-8,10-13,16H,2-3,9,14-15H2,1H3/b21-16+. The predicted molar refractivity (Wildman–Crippen MR) is 123 cm³/mol. The Kier molecular flexibility index (Phi) is 6.52. The fraction of sp³-hybridized carbons (Fsp3) is 0.250. The van der Waals surface area contributed by atoms with Crippen LogP contribution in [0.4, 0.5) is 0 Å². The Morgan fingerprint density at radius 2 is 1.81 bits per heavy atom. The lowest BCUT2D eigenvalue weighted by Crippen LogP contribution is -2.28. The minimum Gasteiger partial charge on any atom is -0.493 e. The summed E-state index contributed by atoms with van der Waals surface area (Å²) in [6.07, 6.45) is 5.34. The highest BCUT2D eigenvalue weighted by Crippen LogP contribution is 2.19. The van der Waals surface area contributed by atoms with Gasteiger partial charge in [-0.15, -0.1) is 0 Å². The first-order valence-electron chi connectivity index (χ1n) is 10.4. The minimum atomic E-state index is -0.406. The van der Waals surface area contributed by atoms with Gasteiger partial charge in [0.2, 0.25) is 4.96 Å². The quantitative estimate of drug-likeness (QED) is 0.399. The van der Waals surface area contributed by atoms with E-state index in [9.17, 15) is 9.59 Å². The van der Waals surface area contributed by atoms with E-state index in [1.807, 2.05) is 54.6 Å². The number of benzene rings is 2. The van der Waals surface area contributed by atoms with Gasteiger partial charge in [0.05, 0.1) is 11.1 Å². The zero-order valence-corrected chi connectivity index (χ0v) is 18.1. The van der Waals surface area contributed by atoms with E-state index in [1.54, 1.807) is 6.08 Å². The molecule has 0 saturated carbocycles. The number of nitrogens with zero attached hydrogens (tertiary/aromatic N) is 3. The summed E-state index contributed by atoms with van der Waals surface area (Å²) < 4.78 is 7.60. The van der Waals surface area contributed by atoms with Crippen LogP contribution in [0.3, 0.4) is 0 Å². The summed E-state index contributed by atoms with van der Waals surface area (Å²) in [4.78, 5) is 29.8. The molecule has 0 saturated heterocycles. The number of rotatable bonds is 8. The minimum absolute atomic E-state index is 0.254. The summed E-state index contributed by atoms with van der Waals surface area (Å²) >= 11 is 1.15. The fourth-order valence-electron chi connectivity index (χ4n) is 3.25. The van der Waals surface area contributed by atoms with Crippen LogP contribution in [-0.4, -0.2) is 21.2 Å². The molecule has 0 amide bonds. The first kappa shape index (κ1) is 20.9. The number of hydrogen-bond acceptors (Lipinski definition) is 6. The lowest BCUT2D eigenvalue weighted by molar-refractivity contribution is 0.305. The zero-order chi connectivity index (χ0) is 21.6. The second kappa shape index (κ2) is 9.66. The summed E-state index contributed by atoms with van der Waals surface area (Å²) in [6, 6.07) is 17.2. The molecule has 7 heteroatoms. The number of fused-ring (bicyclic) bond motifs is 1. The van der Waals surface area contributed by atoms with Crippen LogP contribution in [0.25, 0.3) is 11.0 Å². The van der Waals surface area contributed by atoms with Crippen LogP contribution < -0.4 is 20.4 Å². The lowest BCUT2D eigenvalue weighted by atomic mass is 10.1.